The highest BCUT2D eigenvalue weighted by Gasteiger charge is 2.28. The van der Waals surface area contributed by atoms with Crippen LogP contribution in [0.15, 0.2) is 36.5 Å². The molecule has 1 aromatic heterocycles. The number of aromatic carboxylic acids is 1. The fraction of sp³-hybridized carbons (Fsp3) is 0.250. The first-order valence-electron chi connectivity index (χ1n) is 7.21. The number of ether oxygens (including phenoxy) is 1. The molecule has 7 nitrogen and oxygen atoms in total. The highest BCUT2D eigenvalue weighted by molar-refractivity contribution is 5.97. The lowest BCUT2D eigenvalue weighted by atomic mass is 10.2. The Morgan fingerprint density at radius 1 is 1.26 bits per heavy atom. The zero-order chi connectivity index (χ0) is 16.2. The molecule has 0 radical (unpaired) electrons. The van der Waals surface area contributed by atoms with Gasteiger partial charge in [-0.1, -0.05) is 30.3 Å². The first-order chi connectivity index (χ1) is 11.1. The van der Waals surface area contributed by atoms with E-state index in [1.54, 1.807) is 0 Å². The zero-order valence-electron chi connectivity index (χ0n) is 12.2. The van der Waals surface area contributed by atoms with Gasteiger partial charge in [-0.2, -0.15) is 0 Å². The molecule has 2 N–H and O–H groups in total. The van der Waals surface area contributed by atoms with Gasteiger partial charge in [0.2, 0.25) is 0 Å². The van der Waals surface area contributed by atoms with Crippen molar-refractivity contribution >= 4 is 17.9 Å². The van der Waals surface area contributed by atoms with Gasteiger partial charge in [0.05, 0.1) is 0 Å². The molecule has 3 rings (SSSR count). The molecule has 1 saturated carbocycles. The van der Waals surface area contributed by atoms with Gasteiger partial charge in [0.1, 0.15) is 18.0 Å². The molecule has 118 valence electrons. The molecule has 0 spiro atoms. The van der Waals surface area contributed by atoms with Crippen molar-refractivity contribution in [2.45, 2.75) is 25.4 Å². The third-order valence-electron chi connectivity index (χ3n) is 3.41. The number of hydrogen-bond donors (Lipinski definition) is 2. The average molecular weight is 313 g/mol. The summed E-state index contributed by atoms with van der Waals surface area (Å²) >= 11 is 0. The number of nitrogens with zero attached hydrogens (tertiary/aromatic N) is 2. The molecule has 7 heteroatoms. The highest BCUT2D eigenvalue weighted by atomic mass is 16.5. The summed E-state index contributed by atoms with van der Waals surface area (Å²) in [6, 6.07) is 9.19. The van der Waals surface area contributed by atoms with Gasteiger partial charge < -0.3 is 9.84 Å². The quantitative estimate of drug-likeness (QED) is 0.880. The summed E-state index contributed by atoms with van der Waals surface area (Å²) in [5.74, 6) is -0.440. The Balaban J connectivity index is 1.69. The monoisotopic (exact) mass is 313 g/mol. The molecule has 0 saturated heterocycles. The zero-order valence-corrected chi connectivity index (χ0v) is 12.2. The van der Waals surface area contributed by atoms with Crippen LogP contribution in [0.2, 0.25) is 0 Å². The predicted molar refractivity (Wildman–Crippen MR) is 81.2 cm³/mol. The Bertz CT molecular complexity index is 729. The SMILES string of the molecule is O=C(Nc1nc(C2CC2)ncc1C(=O)O)OCc1ccccc1. The van der Waals surface area contributed by atoms with Gasteiger partial charge in [0.15, 0.2) is 5.82 Å². The van der Waals surface area contributed by atoms with Crippen LogP contribution in [0, 0.1) is 0 Å². The van der Waals surface area contributed by atoms with Crippen molar-refractivity contribution in [2.75, 3.05) is 5.32 Å². The minimum absolute atomic E-state index is 0.0348. The normalized spacial score (nSPS) is 13.4. The first-order valence-corrected chi connectivity index (χ1v) is 7.21. The summed E-state index contributed by atoms with van der Waals surface area (Å²) in [6.45, 7) is 0.0929. The van der Waals surface area contributed by atoms with E-state index < -0.39 is 12.1 Å². The molecule has 0 aliphatic heterocycles. The summed E-state index contributed by atoms with van der Waals surface area (Å²) in [7, 11) is 0. The number of aromatic nitrogens is 2. The molecule has 0 atom stereocenters. The van der Waals surface area contributed by atoms with Crippen LogP contribution in [0.3, 0.4) is 0 Å². The maximum absolute atomic E-state index is 11.9. The molecule has 1 aliphatic rings. The highest BCUT2D eigenvalue weighted by Crippen LogP contribution is 2.38. The number of carbonyl (C=O) groups excluding carboxylic acids is 1. The standard InChI is InChI=1S/C16H15N3O4/c20-15(21)12-8-17-13(11-6-7-11)18-14(12)19-16(22)23-9-10-4-2-1-3-5-10/h1-5,8,11H,6-7,9H2,(H,20,21)(H,17,18,19,22). The second-order valence-corrected chi connectivity index (χ2v) is 5.26. The number of amides is 1. The van der Waals surface area contributed by atoms with E-state index in [-0.39, 0.29) is 23.9 Å². The van der Waals surface area contributed by atoms with Crippen molar-refractivity contribution in [1.82, 2.24) is 9.97 Å². The van der Waals surface area contributed by atoms with Crippen LogP contribution in [-0.4, -0.2) is 27.1 Å². The number of hydrogen-bond acceptors (Lipinski definition) is 5. The lowest BCUT2D eigenvalue weighted by Crippen LogP contribution is -2.18. The lowest BCUT2D eigenvalue weighted by molar-refractivity contribution is 0.0697. The van der Waals surface area contributed by atoms with E-state index in [4.69, 9.17) is 9.84 Å². The van der Waals surface area contributed by atoms with E-state index in [1.807, 2.05) is 30.3 Å². The van der Waals surface area contributed by atoms with Gasteiger partial charge in [-0.15, -0.1) is 0 Å². The van der Waals surface area contributed by atoms with Crippen LogP contribution in [0.25, 0.3) is 0 Å². The molecular formula is C16H15N3O4. The van der Waals surface area contributed by atoms with E-state index >= 15 is 0 Å². The van der Waals surface area contributed by atoms with Crippen molar-refractivity contribution in [3.05, 3.63) is 53.5 Å². The average Bonchev–Trinajstić information content (AvgIpc) is 3.38. The molecule has 1 aromatic carbocycles. The Morgan fingerprint density at radius 2 is 2.00 bits per heavy atom. The van der Waals surface area contributed by atoms with E-state index in [2.05, 4.69) is 15.3 Å². The van der Waals surface area contributed by atoms with Gasteiger partial charge in [-0.05, 0) is 18.4 Å². The van der Waals surface area contributed by atoms with Gasteiger partial charge in [0.25, 0.3) is 0 Å². The minimum Gasteiger partial charge on any atom is -0.477 e. The molecule has 1 heterocycles. The number of anilines is 1. The van der Waals surface area contributed by atoms with E-state index in [1.165, 1.54) is 6.20 Å². The number of benzene rings is 1. The molecule has 0 bridgehead atoms. The van der Waals surface area contributed by atoms with E-state index in [9.17, 15) is 9.59 Å². The predicted octanol–water partition coefficient (Wildman–Crippen LogP) is 2.80. The number of carboxylic acids is 1. The second-order valence-electron chi connectivity index (χ2n) is 5.26. The number of carboxylic acid groups (broad SMARTS) is 1. The van der Waals surface area contributed by atoms with Crippen molar-refractivity contribution in [3.63, 3.8) is 0 Å². The summed E-state index contributed by atoms with van der Waals surface area (Å²) in [5, 5.41) is 11.6. The number of rotatable bonds is 5. The Morgan fingerprint density at radius 3 is 2.65 bits per heavy atom. The molecule has 0 unspecified atom stereocenters. The Kier molecular flexibility index (Phi) is 4.18. The maximum Gasteiger partial charge on any atom is 0.413 e. The topological polar surface area (TPSA) is 101 Å². The van der Waals surface area contributed by atoms with Crippen molar-refractivity contribution in [3.8, 4) is 0 Å². The van der Waals surface area contributed by atoms with Crippen LogP contribution in [0.5, 0.6) is 0 Å². The van der Waals surface area contributed by atoms with Crippen LogP contribution in [-0.2, 0) is 11.3 Å². The van der Waals surface area contributed by atoms with Gasteiger partial charge in [-0.25, -0.2) is 19.6 Å². The maximum atomic E-state index is 11.9. The lowest BCUT2D eigenvalue weighted by Gasteiger charge is -2.09. The Hall–Kier alpha value is -2.96. The summed E-state index contributed by atoms with van der Waals surface area (Å²) in [5.41, 5.74) is 0.675. The smallest absolute Gasteiger partial charge is 0.413 e. The van der Waals surface area contributed by atoms with Crippen molar-refractivity contribution in [2.24, 2.45) is 0 Å². The molecule has 2 aromatic rings. The first kappa shape index (κ1) is 15.0. The van der Waals surface area contributed by atoms with Gasteiger partial charge in [-0.3, -0.25) is 5.32 Å². The van der Waals surface area contributed by atoms with Gasteiger partial charge in [0, 0.05) is 12.1 Å². The number of carbonyl (C=O) groups is 2. The van der Waals surface area contributed by atoms with Crippen molar-refractivity contribution < 1.29 is 19.4 Å². The van der Waals surface area contributed by atoms with E-state index in [0.29, 0.717) is 5.82 Å². The van der Waals surface area contributed by atoms with Crippen LogP contribution in [0.1, 0.15) is 40.5 Å². The largest absolute Gasteiger partial charge is 0.477 e. The third-order valence-corrected chi connectivity index (χ3v) is 3.41. The summed E-state index contributed by atoms with van der Waals surface area (Å²) in [4.78, 5) is 31.3. The molecule has 1 amide bonds. The van der Waals surface area contributed by atoms with Crippen LogP contribution < -0.4 is 5.32 Å². The second kappa shape index (κ2) is 6.43. The van der Waals surface area contributed by atoms with Gasteiger partial charge >= 0.3 is 12.1 Å². The Labute approximate surface area is 132 Å². The fourth-order valence-corrected chi connectivity index (χ4v) is 2.04. The van der Waals surface area contributed by atoms with Crippen molar-refractivity contribution in [1.29, 1.82) is 0 Å². The van der Waals surface area contributed by atoms with Crippen LogP contribution in [0.4, 0.5) is 10.6 Å². The molecule has 1 fully saturated rings. The summed E-state index contributed by atoms with van der Waals surface area (Å²) < 4.78 is 5.08. The number of nitrogens with one attached hydrogen (secondary N) is 1. The third kappa shape index (κ3) is 3.82. The fourth-order valence-electron chi connectivity index (χ4n) is 2.04. The molecular weight excluding hydrogens is 298 g/mol. The van der Waals surface area contributed by atoms with E-state index in [0.717, 1.165) is 18.4 Å². The molecule has 23 heavy (non-hydrogen) atoms. The molecule has 1 aliphatic carbocycles. The minimum atomic E-state index is -1.20. The summed E-state index contributed by atoms with van der Waals surface area (Å²) in [6.07, 6.45) is 2.42. The van der Waals surface area contributed by atoms with Crippen LogP contribution >= 0.6 is 0 Å².